The number of ether oxygens (including phenoxy) is 1. The molecule has 12 nitrogen and oxygen atoms in total. The number of hydrogen-bond acceptors (Lipinski definition) is 7. The van der Waals surface area contributed by atoms with Crippen molar-refractivity contribution in [2.24, 2.45) is 0 Å². The summed E-state index contributed by atoms with van der Waals surface area (Å²) in [6.07, 6.45) is 1.92. The number of fused-ring (bicyclic) bond motifs is 2. The summed E-state index contributed by atoms with van der Waals surface area (Å²) in [6.45, 7) is 0. The van der Waals surface area contributed by atoms with Crippen molar-refractivity contribution < 1.29 is 29.0 Å². The number of imidazole rings is 2. The standard InChI is InChI=1S/C12H12N2O4.C7H6N2O.C5H6O3/c15-10(2-1-3-11(16)17)7-4-5-8-9(6-7)14-12(18)13-8;10-7-8-5-3-1-2-4-6(5)9-7;6-4-2-1-3-5(7)8-4/h4-6H,1-3H2,(H,16,17)(H2,13,14,18);1-4H,(H2,8,9,10);1-3H2. The van der Waals surface area contributed by atoms with Crippen LogP contribution in [0.25, 0.3) is 22.1 Å². The van der Waals surface area contributed by atoms with Gasteiger partial charge in [0.25, 0.3) is 0 Å². The van der Waals surface area contributed by atoms with Gasteiger partial charge in [0.1, 0.15) is 0 Å². The summed E-state index contributed by atoms with van der Waals surface area (Å²) >= 11 is 0. The molecular weight excluding hydrogens is 472 g/mol. The first-order valence-corrected chi connectivity index (χ1v) is 11.1. The van der Waals surface area contributed by atoms with Crippen LogP contribution in [0, 0.1) is 0 Å². The minimum absolute atomic E-state index is 0.0189. The quantitative estimate of drug-likeness (QED) is 0.158. The molecule has 12 heteroatoms. The average Bonchev–Trinajstić information content (AvgIpc) is 3.39. The monoisotopic (exact) mass is 496 g/mol. The third-order valence-corrected chi connectivity index (χ3v) is 5.05. The van der Waals surface area contributed by atoms with Crippen LogP contribution in [0.4, 0.5) is 0 Å². The van der Waals surface area contributed by atoms with Crippen molar-refractivity contribution >= 4 is 45.8 Å². The fourth-order valence-electron chi connectivity index (χ4n) is 3.33. The highest BCUT2D eigenvalue weighted by molar-refractivity contribution is 5.98. The van der Waals surface area contributed by atoms with Crippen molar-refractivity contribution in [2.45, 2.75) is 38.5 Å². The van der Waals surface area contributed by atoms with Crippen LogP contribution < -0.4 is 11.4 Å². The highest BCUT2D eigenvalue weighted by atomic mass is 16.6. The summed E-state index contributed by atoms with van der Waals surface area (Å²) in [4.78, 5) is 74.8. The number of cyclic esters (lactones) is 2. The van der Waals surface area contributed by atoms with Gasteiger partial charge in [-0.1, -0.05) is 12.1 Å². The molecule has 0 spiro atoms. The summed E-state index contributed by atoms with van der Waals surface area (Å²) < 4.78 is 4.21. The lowest BCUT2D eigenvalue weighted by molar-refractivity contribution is -0.163. The topological polar surface area (TPSA) is 195 Å². The molecule has 0 radical (unpaired) electrons. The zero-order valence-corrected chi connectivity index (χ0v) is 19.1. The number of hydrogen-bond donors (Lipinski definition) is 5. The molecule has 0 aliphatic carbocycles. The van der Waals surface area contributed by atoms with E-state index in [1.165, 1.54) is 0 Å². The highest BCUT2D eigenvalue weighted by Gasteiger charge is 2.16. The van der Waals surface area contributed by atoms with Crippen LogP contribution in [0.2, 0.25) is 0 Å². The van der Waals surface area contributed by atoms with E-state index in [9.17, 15) is 28.8 Å². The Morgan fingerprint density at radius 3 is 1.78 bits per heavy atom. The van der Waals surface area contributed by atoms with Gasteiger partial charge in [-0.2, -0.15) is 0 Å². The maximum absolute atomic E-state index is 11.8. The van der Waals surface area contributed by atoms with E-state index in [0.29, 0.717) is 42.3 Å². The van der Waals surface area contributed by atoms with Crippen molar-refractivity contribution in [3.05, 3.63) is 69.0 Å². The zero-order valence-electron chi connectivity index (χ0n) is 19.1. The summed E-state index contributed by atoms with van der Waals surface area (Å²) in [7, 11) is 0. The smallest absolute Gasteiger partial charge is 0.323 e. The third kappa shape index (κ3) is 7.65. The van der Waals surface area contributed by atoms with Crippen LogP contribution in [-0.4, -0.2) is 48.7 Å². The number of para-hydroxylation sites is 2. The summed E-state index contributed by atoms with van der Waals surface area (Å²) in [5.41, 5.74) is 2.93. The number of carbonyl (C=O) groups excluding carboxylic acids is 3. The molecule has 1 saturated heterocycles. The Kier molecular flexibility index (Phi) is 8.70. The average molecular weight is 496 g/mol. The minimum Gasteiger partial charge on any atom is -0.481 e. The Morgan fingerprint density at radius 1 is 0.750 bits per heavy atom. The normalized spacial score (nSPS) is 12.8. The van der Waals surface area contributed by atoms with Crippen LogP contribution in [0.5, 0.6) is 0 Å². The first-order valence-electron chi connectivity index (χ1n) is 11.1. The molecule has 1 aliphatic rings. The number of carbonyl (C=O) groups is 4. The predicted molar refractivity (Wildman–Crippen MR) is 129 cm³/mol. The van der Waals surface area contributed by atoms with Gasteiger partial charge >= 0.3 is 29.3 Å². The Bertz CT molecular complexity index is 1460. The molecule has 188 valence electrons. The van der Waals surface area contributed by atoms with Crippen molar-refractivity contribution in [3.63, 3.8) is 0 Å². The molecule has 2 aromatic heterocycles. The molecule has 0 amide bonds. The number of Topliss-reactive ketones (excluding diaryl/α,β-unsaturated/α-hetero) is 1. The van der Waals surface area contributed by atoms with E-state index in [2.05, 4.69) is 24.7 Å². The fraction of sp³-hybridized carbons (Fsp3) is 0.250. The molecule has 0 unspecified atom stereocenters. The van der Waals surface area contributed by atoms with E-state index in [1.54, 1.807) is 18.2 Å². The molecule has 2 aromatic carbocycles. The molecule has 0 atom stereocenters. The number of ketones is 1. The molecule has 3 heterocycles. The Hall–Kier alpha value is -4.74. The number of rotatable bonds is 5. The zero-order chi connectivity index (χ0) is 26.1. The van der Waals surface area contributed by atoms with Gasteiger partial charge in [-0.05, 0) is 43.2 Å². The van der Waals surface area contributed by atoms with Gasteiger partial charge in [0.05, 0.1) is 22.1 Å². The summed E-state index contributed by atoms with van der Waals surface area (Å²) in [5.74, 6) is -1.81. The summed E-state index contributed by atoms with van der Waals surface area (Å²) in [6, 6.07) is 12.3. The Balaban J connectivity index is 0.000000168. The number of esters is 2. The van der Waals surface area contributed by atoms with Crippen LogP contribution in [0.3, 0.4) is 0 Å². The fourth-order valence-corrected chi connectivity index (χ4v) is 3.33. The van der Waals surface area contributed by atoms with Gasteiger partial charge in [0.2, 0.25) is 0 Å². The van der Waals surface area contributed by atoms with E-state index in [-0.39, 0.29) is 41.9 Å². The lowest BCUT2D eigenvalue weighted by Gasteiger charge is -2.06. The largest absolute Gasteiger partial charge is 0.481 e. The number of nitrogens with one attached hydrogen (secondary N) is 4. The maximum Gasteiger partial charge on any atom is 0.323 e. The molecule has 0 bridgehead atoms. The number of carboxylic acid groups (broad SMARTS) is 1. The van der Waals surface area contributed by atoms with Crippen LogP contribution in [-0.2, 0) is 19.1 Å². The number of benzene rings is 2. The first-order chi connectivity index (χ1) is 17.2. The third-order valence-electron chi connectivity index (χ3n) is 5.05. The Labute approximate surface area is 202 Å². The molecule has 4 aromatic rings. The van der Waals surface area contributed by atoms with Crippen LogP contribution >= 0.6 is 0 Å². The van der Waals surface area contributed by atoms with Crippen molar-refractivity contribution in [3.8, 4) is 0 Å². The van der Waals surface area contributed by atoms with Crippen molar-refractivity contribution in [2.75, 3.05) is 0 Å². The second-order valence-electron chi connectivity index (χ2n) is 7.83. The molecule has 36 heavy (non-hydrogen) atoms. The van der Waals surface area contributed by atoms with Crippen molar-refractivity contribution in [1.82, 2.24) is 19.9 Å². The van der Waals surface area contributed by atoms with E-state index in [4.69, 9.17) is 5.11 Å². The number of H-pyrrole nitrogens is 4. The molecular formula is C24H24N4O8. The van der Waals surface area contributed by atoms with Gasteiger partial charge < -0.3 is 29.8 Å². The highest BCUT2D eigenvalue weighted by Crippen LogP contribution is 2.13. The molecule has 1 fully saturated rings. The van der Waals surface area contributed by atoms with Gasteiger partial charge in [0.15, 0.2) is 5.78 Å². The van der Waals surface area contributed by atoms with Gasteiger partial charge in [-0.25, -0.2) is 9.59 Å². The number of aromatic amines is 4. The number of carboxylic acids is 1. The lowest BCUT2D eigenvalue weighted by Crippen LogP contribution is -2.17. The second kappa shape index (κ2) is 12.1. The molecule has 5 N–H and O–H groups in total. The molecule has 0 saturated carbocycles. The lowest BCUT2D eigenvalue weighted by atomic mass is 10.1. The van der Waals surface area contributed by atoms with Crippen LogP contribution in [0.15, 0.2) is 52.1 Å². The van der Waals surface area contributed by atoms with E-state index in [1.807, 2.05) is 24.3 Å². The number of aliphatic carboxylic acids is 1. The van der Waals surface area contributed by atoms with Gasteiger partial charge in [-0.15, -0.1) is 0 Å². The van der Waals surface area contributed by atoms with E-state index in [0.717, 1.165) is 11.0 Å². The molecule has 5 rings (SSSR count). The molecule has 1 aliphatic heterocycles. The van der Waals surface area contributed by atoms with Gasteiger partial charge in [0, 0.05) is 31.2 Å². The maximum atomic E-state index is 11.8. The first kappa shape index (κ1) is 25.9. The second-order valence-corrected chi connectivity index (χ2v) is 7.83. The van der Waals surface area contributed by atoms with E-state index < -0.39 is 5.97 Å². The number of aromatic nitrogens is 4. The van der Waals surface area contributed by atoms with E-state index >= 15 is 0 Å². The van der Waals surface area contributed by atoms with Crippen molar-refractivity contribution in [1.29, 1.82) is 0 Å². The Morgan fingerprint density at radius 2 is 1.28 bits per heavy atom. The predicted octanol–water partition coefficient (Wildman–Crippen LogP) is 2.39. The SMILES string of the molecule is O=C(O)CCCC(=O)c1ccc2[nH]c(=O)[nH]c2c1.O=C1CCCC(=O)O1.O=c1[nH]c2ccccc2[nH]1. The summed E-state index contributed by atoms with van der Waals surface area (Å²) in [5, 5.41) is 8.49. The van der Waals surface area contributed by atoms with Gasteiger partial charge in [-0.3, -0.25) is 19.2 Å². The minimum atomic E-state index is -0.909. The van der Waals surface area contributed by atoms with Crippen LogP contribution in [0.1, 0.15) is 48.9 Å².